The number of allylic oxidation sites excluding steroid dienone is 2. The van der Waals surface area contributed by atoms with Gasteiger partial charge in [0.2, 0.25) is 0 Å². The molecule has 1 unspecified atom stereocenters. The van der Waals surface area contributed by atoms with E-state index in [0.717, 1.165) is 5.92 Å². The second-order valence-corrected chi connectivity index (χ2v) is 7.45. The normalized spacial score (nSPS) is 12.4. The van der Waals surface area contributed by atoms with Gasteiger partial charge in [-0.3, -0.25) is 0 Å². The Bertz CT molecular complexity index is 234. The Kier molecular flexibility index (Phi) is 16.9. The van der Waals surface area contributed by atoms with Crippen LogP contribution in [0.5, 0.6) is 0 Å². The van der Waals surface area contributed by atoms with E-state index < -0.39 is 0 Å². The molecule has 0 spiro atoms. The van der Waals surface area contributed by atoms with E-state index in [2.05, 4.69) is 40.2 Å². The van der Waals surface area contributed by atoms with Crippen molar-refractivity contribution in [3.63, 3.8) is 0 Å². The van der Waals surface area contributed by atoms with E-state index in [1.807, 2.05) is 0 Å². The average Bonchev–Trinajstić information content (AvgIpc) is 2.48. The molecule has 131 valence electrons. The molecule has 0 aromatic carbocycles. The monoisotopic (exact) mass is 307 g/mol. The molecule has 22 heavy (non-hydrogen) atoms. The third-order valence-corrected chi connectivity index (χ3v) is 4.59. The molecule has 0 N–H and O–H groups in total. The molecule has 0 aliphatic heterocycles. The van der Waals surface area contributed by atoms with Crippen LogP contribution in [0.2, 0.25) is 0 Å². The highest BCUT2D eigenvalue weighted by Gasteiger charge is 2.01. The van der Waals surface area contributed by atoms with Gasteiger partial charge in [0.15, 0.2) is 0 Å². The first-order valence-electron chi connectivity index (χ1n) is 10.1. The van der Waals surface area contributed by atoms with Crippen molar-refractivity contribution in [3.8, 4) is 0 Å². The maximum Gasteiger partial charge on any atom is -0.0346 e. The van der Waals surface area contributed by atoms with Crippen LogP contribution in [0.4, 0.5) is 0 Å². The summed E-state index contributed by atoms with van der Waals surface area (Å²) in [5.41, 5.74) is 1.46. The molecule has 0 heterocycles. The highest BCUT2D eigenvalue weighted by Crippen LogP contribution is 2.17. The van der Waals surface area contributed by atoms with Gasteiger partial charge in [-0.2, -0.15) is 0 Å². The van der Waals surface area contributed by atoms with Crippen LogP contribution in [0.3, 0.4) is 0 Å². The molecule has 0 nitrogen and oxygen atoms in total. The lowest BCUT2D eigenvalue weighted by Crippen LogP contribution is -1.94. The van der Waals surface area contributed by atoms with Crippen molar-refractivity contribution < 1.29 is 0 Å². The second-order valence-electron chi connectivity index (χ2n) is 7.45. The minimum Gasteiger partial charge on any atom is -0.0859 e. The standard InChI is InChI=1S/C22H43/c1-5-6-7-8-9-10-11-12-13-14-15-16-19-22(4)20-17-18-21(2)3/h15,18,22H,5-14,16-17,19-20H2,1-4H3. The fourth-order valence-corrected chi connectivity index (χ4v) is 2.95. The zero-order valence-corrected chi connectivity index (χ0v) is 16.1. The molecule has 1 radical (unpaired) electrons. The zero-order valence-electron chi connectivity index (χ0n) is 16.1. The van der Waals surface area contributed by atoms with Gasteiger partial charge in [-0.15, -0.1) is 0 Å². The van der Waals surface area contributed by atoms with Gasteiger partial charge in [-0.1, -0.05) is 96.1 Å². The summed E-state index contributed by atoms with van der Waals surface area (Å²) in [6.45, 7) is 9.10. The van der Waals surface area contributed by atoms with Crippen molar-refractivity contribution in [2.24, 2.45) is 5.92 Å². The summed E-state index contributed by atoms with van der Waals surface area (Å²) in [6, 6.07) is 0. The maximum atomic E-state index is 2.54. The van der Waals surface area contributed by atoms with Crippen molar-refractivity contribution in [1.82, 2.24) is 0 Å². The van der Waals surface area contributed by atoms with Gasteiger partial charge >= 0.3 is 0 Å². The topological polar surface area (TPSA) is 0 Å². The lowest BCUT2D eigenvalue weighted by Gasteiger charge is -2.09. The highest BCUT2D eigenvalue weighted by molar-refractivity contribution is 4.92. The molecule has 0 bridgehead atoms. The molecule has 0 heteroatoms. The van der Waals surface area contributed by atoms with Gasteiger partial charge in [-0.25, -0.2) is 0 Å². The van der Waals surface area contributed by atoms with Crippen molar-refractivity contribution in [2.75, 3.05) is 0 Å². The largest absolute Gasteiger partial charge is 0.0859 e. The Labute approximate surface area is 142 Å². The van der Waals surface area contributed by atoms with Crippen molar-refractivity contribution in [1.29, 1.82) is 0 Å². The lowest BCUT2D eigenvalue weighted by atomic mass is 9.97. The average molecular weight is 308 g/mol. The van der Waals surface area contributed by atoms with Crippen molar-refractivity contribution in [3.05, 3.63) is 18.1 Å². The quantitative estimate of drug-likeness (QED) is 0.199. The molecule has 0 aliphatic rings. The van der Waals surface area contributed by atoms with E-state index in [1.165, 1.54) is 95.5 Å². The molecule has 0 saturated carbocycles. The minimum atomic E-state index is 0.884. The first-order valence-corrected chi connectivity index (χ1v) is 10.1. The Morgan fingerprint density at radius 2 is 1.27 bits per heavy atom. The van der Waals surface area contributed by atoms with E-state index >= 15 is 0 Å². The van der Waals surface area contributed by atoms with Crippen molar-refractivity contribution >= 4 is 0 Å². The Morgan fingerprint density at radius 3 is 1.86 bits per heavy atom. The first-order chi connectivity index (χ1) is 10.7. The first kappa shape index (κ1) is 21.7. The van der Waals surface area contributed by atoms with E-state index in [0.29, 0.717) is 0 Å². The fourth-order valence-electron chi connectivity index (χ4n) is 2.95. The molecule has 0 aromatic heterocycles. The molecule has 0 rings (SSSR count). The van der Waals surface area contributed by atoms with E-state index in [1.54, 1.807) is 0 Å². The summed E-state index contributed by atoms with van der Waals surface area (Å²) >= 11 is 0. The van der Waals surface area contributed by atoms with Crippen LogP contribution in [0.1, 0.15) is 118 Å². The molecular formula is C22H43. The predicted molar refractivity (Wildman–Crippen MR) is 103 cm³/mol. The van der Waals surface area contributed by atoms with Gasteiger partial charge in [0.05, 0.1) is 0 Å². The number of hydrogen-bond acceptors (Lipinski definition) is 0. The summed E-state index contributed by atoms with van der Waals surface area (Å²) in [4.78, 5) is 0. The van der Waals surface area contributed by atoms with Crippen LogP contribution in [0, 0.1) is 12.3 Å². The molecule has 0 aromatic rings. The van der Waals surface area contributed by atoms with Crippen LogP contribution in [0.25, 0.3) is 0 Å². The molecule has 0 aliphatic carbocycles. The maximum absolute atomic E-state index is 2.54. The second kappa shape index (κ2) is 17.1. The van der Waals surface area contributed by atoms with Crippen molar-refractivity contribution in [2.45, 2.75) is 118 Å². The van der Waals surface area contributed by atoms with Crippen LogP contribution in [0.15, 0.2) is 11.6 Å². The molecule has 0 fully saturated rings. The third-order valence-electron chi connectivity index (χ3n) is 4.59. The van der Waals surface area contributed by atoms with Crippen LogP contribution in [-0.2, 0) is 0 Å². The van der Waals surface area contributed by atoms with Crippen LogP contribution < -0.4 is 0 Å². The Balaban J connectivity index is 3.15. The summed E-state index contributed by atoms with van der Waals surface area (Å²) < 4.78 is 0. The molecule has 1 atom stereocenters. The van der Waals surface area contributed by atoms with E-state index in [4.69, 9.17) is 0 Å². The number of rotatable bonds is 16. The third kappa shape index (κ3) is 17.8. The Hall–Kier alpha value is -0.260. The minimum absolute atomic E-state index is 0.884. The number of hydrogen-bond donors (Lipinski definition) is 0. The number of unbranched alkanes of at least 4 members (excludes halogenated alkanes) is 11. The van der Waals surface area contributed by atoms with Crippen LogP contribution >= 0.6 is 0 Å². The predicted octanol–water partition coefficient (Wildman–Crippen LogP) is 8.27. The fraction of sp³-hybridized carbons (Fsp3) is 0.864. The summed E-state index contributed by atoms with van der Waals surface area (Å²) in [5.74, 6) is 0.884. The van der Waals surface area contributed by atoms with E-state index in [9.17, 15) is 0 Å². The van der Waals surface area contributed by atoms with Gasteiger partial charge < -0.3 is 0 Å². The van der Waals surface area contributed by atoms with Crippen LogP contribution in [-0.4, -0.2) is 0 Å². The van der Waals surface area contributed by atoms with Gasteiger partial charge in [0.1, 0.15) is 0 Å². The highest BCUT2D eigenvalue weighted by atomic mass is 14.1. The zero-order chi connectivity index (χ0) is 16.5. The summed E-state index contributed by atoms with van der Waals surface area (Å²) in [6.07, 6.45) is 24.6. The Morgan fingerprint density at radius 1 is 0.727 bits per heavy atom. The van der Waals surface area contributed by atoms with Gasteiger partial charge in [0.25, 0.3) is 0 Å². The summed E-state index contributed by atoms with van der Waals surface area (Å²) in [7, 11) is 0. The smallest absolute Gasteiger partial charge is 0.0346 e. The SMILES string of the molecule is CCCCCCCCCCC[CH]CCC(C)CCC=C(C)C. The summed E-state index contributed by atoms with van der Waals surface area (Å²) in [5, 5.41) is 0. The molecule has 0 saturated heterocycles. The van der Waals surface area contributed by atoms with Gasteiger partial charge in [0, 0.05) is 0 Å². The van der Waals surface area contributed by atoms with Gasteiger partial charge in [-0.05, 0) is 45.4 Å². The molecule has 0 amide bonds. The van der Waals surface area contributed by atoms with E-state index in [-0.39, 0.29) is 0 Å². The molecular weight excluding hydrogens is 264 g/mol. The lowest BCUT2D eigenvalue weighted by molar-refractivity contribution is 0.487.